The van der Waals surface area contributed by atoms with E-state index in [0.717, 1.165) is 36.0 Å². The van der Waals surface area contributed by atoms with Crippen molar-refractivity contribution in [3.8, 4) is 6.07 Å². The largest absolute Gasteiger partial charge is 0.365 e. The molecule has 2 saturated heterocycles. The number of rotatable bonds is 4. The zero-order valence-electron chi connectivity index (χ0n) is 16.7. The first-order valence-corrected chi connectivity index (χ1v) is 10.2. The third kappa shape index (κ3) is 4.11. The molecule has 3 heterocycles. The summed E-state index contributed by atoms with van der Waals surface area (Å²) >= 11 is 0. The molecule has 30 heavy (non-hydrogen) atoms. The number of piperidine rings is 1. The minimum atomic E-state index is 0. The minimum absolute atomic E-state index is 0. The second-order valence-corrected chi connectivity index (χ2v) is 7.95. The molecule has 156 valence electrons. The highest BCUT2D eigenvalue weighted by Gasteiger charge is 2.41. The van der Waals surface area contributed by atoms with Crippen LogP contribution >= 0.6 is 24.8 Å². The predicted octanol–water partition coefficient (Wildman–Crippen LogP) is 5.24. The Bertz CT molecular complexity index is 1020. The second kappa shape index (κ2) is 9.66. The van der Waals surface area contributed by atoms with Crippen molar-refractivity contribution in [2.24, 2.45) is 0 Å². The average molecular weight is 441 g/mol. The topological polar surface area (TPSA) is 52.0 Å². The first-order valence-electron chi connectivity index (χ1n) is 10.2. The van der Waals surface area contributed by atoms with Crippen LogP contribution in [0.25, 0.3) is 10.8 Å². The molecule has 3 aromatic rings. The van der Waals surface area contributed by atoms with Gasteiger partial charge in [-0.15, -0.1) is 24.8 Å². The number of halogens is 2. The van der Waals surface area contributed by atoms with Crippen molar-refractivity contribution in [1.82, 2.24) is 10.3 Å². The average Bonchev–Trinajstić information content (AvgIpc) is 3.01. The summed E-state index contributed by atoms with van der Waals surface area (Å²) in [7, 11) is 0. The van der Waals surface area contributed by atoms with Crippen LogP contribution in [-0.4, -0.2) is 23.1 Å². The van der Waals surface area contributed by atoms with Crippen molar-refractivity contribution < 1.29 is 0 Å². The summed E-state index contributed by atoms with van der Waals surface area (Å²) in [4.78, 5) is 7.07. The maximum Gasteiger partial charge on any atom is 0.0998 e. The highest BCUT2D eigenvalue weighted by atomic mass is 35.5. The van der Waals surface area contributed by atoms with E-state index >= 15 is 0 Å². The maximum absolute atomic E-state index is 9.46. The second-order valence-electron chi connectivity index (χ2n) is 7.95. The molecule has 2 fully saturated rings. The zero-order chi connectivity index (χ0) is 18.9. The standard InChI is InChI=1S/C24H24N4.2ClH/c25-15-17-8-11-24(23-7-2-1-6-22(17)23)28-20-9-10-21(28)14-19(13-20)27-16-18-5-3-4-12-26-18;;/h1-8,11-12,19-21,27H,9-10,13-14,16H2;2*1H. The summed E-state index contributed by atoms with van der Waals surface area (Å²) < 4.78 is 0. The highest BCUT2D eigenvalue weighted by Crippen LogP contribution is 2.42. The number of nitrogens with one attached hydrogen (secondary N) is 1. The molecule has 1 aromatic heterocycles. The van der Waals surface area contributed by atoms with Gasteiger partial charge in [0.2, 0.25) is 0 Å². The Balaban J connectivity index is 0.00000128. The molecule has 2 aliphatic heterocycles. The zero-order valence-corrected chi connectivity index (χ0v) is 18.3. The summed E-state index contributed by atoms with van der Waals surface area (Å²) in [5, 5.41) is 15.5. The summed E-state index contributed by atoms with van der Waals surface area (Å²) in [5.74, 6) is 0. The number of nitrogens with zero attached hydrogens (tertiary/aromatic N) is 3. The molecule has 6 heteroatoms. The molecule has 0 saturated carbocycles. The molecule has 2 bridgehead atoms. The lowest BCUT2D eigenvalue weighted by Crippen LogP contribution is -2.49. The number of anilines is 1. The van der Waals surface area contributed by atoms with E-state index in [1.807, 2.05) is 30.5 Å². The van der Waals surface area contributed by atoms with Crippen LogP contribution in [0.1, 0.15) is 36.9 Å². The molecular weight excluding hydrogens is 415 g/mol. The highest BCUT2D eigenvalue weighted by molar-refractivity contribution is 5.98. The van der Waals surface area contributed by atoms with E-state index in [9.17, 15) is 5.26 Å². The van der Waals surface area contributed by atoms with E-state index in [1.165, 1.54) is 23.9 Å². The molecule has 2 aromatic carbocycles. The van der Waals surface area contributed by atoms with E-state index in [4.69, 9.17) is 0 Å². The number of pyridine rings is 1. The molecule has 0 radical (unpaired) electrons. The van der Waals surface area contributed by atoms with E-state index in [0.29, 0.717) is 18.1 Å². The number of benzene rings is 2. The van der Waals surface area contributed by atoms with Crippen LogP contribution < -0.4 is 10.2 Å². The van der Waals surface area contributed by atoms with Crippen molar-refractivity contribution in [1.29, 1.82) is 5.26 Å². The third-order valence-corrected chi connectivity index (χ3v) is 6.33. The van der Waals surface area contributed by atoms with Crippen LogP contribution in [-0.2, 0) is 6.54 Å². The molecule has 2 aliphatic rings. The fraction of sp³-hybridized carbons (Fsp3) is 0.333. The Kier molecular flexibility index (Phi) is 7.20. The number of hydrogen-bond acceptors (Lipinski definition) is 4. The van der Waals surface area contributed by atoms with Gasteiger partial charge in [0, 0.05) is 47.3 Å². The van der Waals surface area contributed by atoms with Gasteiger partial charge in [-0.05, 0) is 49.9 Å². The van der Waals surface area contributed by atoms with Crippen LogP contribution in [0.3, 0.4) is 0 Å². The Morgan fingerprint density at radius 2 is 1.63 bits per heavy atom. The van der Waals surface area contributed by atoms with E-state index in [-0.39, 0.29) is 24.8 Å². The van der Waals surface area contributed by atoms with E-state index < -0.39 is 0 Å². The lowest BCUT2D eigenvalue weighted by atomic mass is 9.94. The van der Waals surface area contributed by atoms with Crippen LogP contribution in [0.15, 0.2) is 60.8 Å². The van der Waals surface area contributed by atoms with Gasteiger partial charge < -0.3 is 10.2 Å². The smallest absolute Gasteiger partial charge is 0.0998 e. The summed E-state index contributed by atoms with van der Waals surface area (Å²) in [5.41, 5.74) is 3.17. The number of aromatic nitrogens is 1. The molecular formula is C24H26Cl2N4. The molecule has 0 aliphatic carbocycles. The first-order chi connectivity index (χ1) is 13.8. The fourth-order valence-electron chi connectivity index (χ4n) is 5.09. The van der Waals surface area contributed by atoms with Crippen LogP contribution in [0.2, 0.25) is 0 Å². The molecule has 2 unspecified atom stereocenters. The van der Waals surface area contributed by atoms with E-state index in [1.54, 1.807) is 0 Å². The Labute approximate surface area is 190 Å². The predicted molar refractivity (Wildman–Crippen MR) is 127 cm³/mol. The van der Waals surface area contributed by atoms with Gasteiger partial charge in [0.25, 0.3) is 0 Å². The number of fused-ring (bicyclic) bond motifs is 3. The van der Waals surface area contributed by atoms with Gasteiger partial charge in [-0.2, -0.15) is 5.26 Å². The molecule has 1 N–H and O–H groups in total. The Morgan fingerprint density at radius 1 is 0.933 bits per heavy atom. The van der Waals surface area contributed by atoms with Gasteiger partial charge >= 0.3 is 0 Å². The van der Waals surface area contributed by atoms with Gasteiger partial charge in [-0.3, -0.25) is 4.98 Å². The van der Waals surface area contributed by atoms with Gasteiger partial charge in [-0.25, -0.2) is 0 Å². The van der Waals surface area contributed by atoms with Crippen molar-refractivity contribution >= 4 is 41.3 Å². The maximum atomic E-state index is 9.46. The Morgan fingerprint density at radius 3 is 2.30 bits per heavy atom. The monoisotopic (exact) mass is 440 g/mol. The van der Waals surface area contributed by atoms with Crippen LogP contribution in [0, 0.1) is 11.3 Å². The van der Waals surface area contributed by atoms with Crippen molar-refractivity contribution in [2.45, 2.75) is 50.4 Å². The van der Waals surface area contributed by atoms with Crippen LogP contribution in [0.4, 0.5) is 5.69 Å². The number of hydrogen-bond donors (Lipinski definition) is 1. The fourth-order valence-corrected chi connectivity index (χ4v) is 5.09. The summed E-state index contributed by atoms with van der Waals surface area (Å²) in [6, 6.07) is 22.6. The van der Waals surface area contributed by atoms with Crippen molar-refractivity contribution in [3.63, 3.8) is 0 Å². The molecule has 4 nitrogen and oxygen atoms in total. The molecule has 0 spiro atoms. The molecule has 5 rings (SSSR count). The van der Waals surface area contributed by atoms with Crippen LogP contribution in [0.5, 0.6) is 0 Å². The van der Waals surface area contributed by atoms with Gasteiger partial charge in [0.1, 0.15) is 0 Å². The first kappa shape index (κ1) is 22.4. The molecule has 0 amide bonds. The quantitative estimate of drug-likeness (QED) is 0.602. The summed E-state index contributed by atoms with van der Waals surface area (Å²) in [6.07, 6.45) is 6.69. The van der Waals surface area contributed by atoms with Crippen molar-refractivity contribution in [2.75, 3.05) is 4.90 Å². The van der Waals surface area contributed by atoms with Crippen molar-refractivity contribution in [3.05, 3.63) is 72.1 Å². The lowest BCUT2D eigenvalue weighted by Gasteiger charge is -2.41. The van der Waals surface area contributed by atoms with Gasteiger partial charge in [0.05, 0.1) is 17.3 Å². The normalized spacial score (nSPS) is 22.1. The van der Waals surface area contributed by atoms with Gasteiger partial charge in [0.15, 0.2) is 0 Å². The van der Waals surface area contributed by atoms with E-state index in [2.05, 4.69) is 51.6 Å². The van der Waals surface area contributed by atoms with Gasteiger partial charge in [-0.1, -0.05) is 30.3 Å². The lowest BCUT2D eigenvalue weighted by molar-refractivity contribution is 0.354. The molecule has 2 atom stereocenters. The summed E-state index contributed by atoms with van der Waals surface area (Å²) in [6.45, 7) is 0.838. The third-order valence-electron chi connectivity index (χ3n) is 6.33. The minimum Gasteiger partial charge on any atom is -0.365 e. The number of nitriles is 1. The SMILES string of the molecule is Cl.Cl.N#Cc1ccc(N2C3CCC2CC(NCc2ccccn2)C3)c2ccccc12. The Hall–Kier alpha value is -2.32.